The zero-order valence-corrected chi connectivity index (χ0v) is 20.4. The van der Waals surface area contributed by atoms with Crippen molar-refractivity contribution in [3.8, 4) is 11.5 Å². The molecule has 4 aromatic rings. The van der Waals surface area contributed by atoms with Gasteiger partial charge in [-0.1, -0.05) is 42.5 Å². The number of ether oxygens (including phenoxy) is 2. The second-order valence-corrected chi connectivity index (χ2v) is 8.67. The van der Waals surface area contributed by atoms with Gasteiger partial charge in [0.05, 0.1) is 26.5 Å². The van der Waals surface area contributed by atoms with E-state index in [0.717, 1.165) is 22.6 Å². The highest BCUT2D eigenvalue weighted by Gasteiger charge is 2.33. The Bertz CT molecular complexity index is 1290. The Morgan fingerprint density at radius 3 is 2.36 bits per heavy atom. The number of benzene rings is 3. The zero-order valence-electron chi connectivity index (χ0n) is 20.4. The van der Waals surface area contributed by atoms with E-state index in [1.807, 2.05) is 53.2 Å². The molecule has 36 heavy (non-hydrogen) atoms. The fourth-order valence-electron chi connectivity index (χ4n) is 4.76. The average molecular weight is 489 g/mol. The van der Waals surface area contributed by atoms with Crippen LogP contribution >= 0.6 is 0 Å². The molecule has 1 aliphatic heterocycles. The number of para-hydroxylation sites is 1. The van der Waals surface area contributed by atoms with Crippen molar-refractivity contribution in [2.75, 3.05) is 45.3 Å². The maximum absolute atomic E-state index is 14.4. The van der Waals surface area contributed by atoms with Gasteiger partial charge >= 0.3 is 0 Å². The predicted octanol–water partition coefficient (Wildman–Crippen LogP) is 3.79. The minimum atomic E-state index is -0.281. The third-order valence-electron chi connectivity index (χ3n) is 6.58. The Morgan fingerprint density at radius 1 is 0.889 bits per heavy atom. The number of nitrogens with zero attached hydrogens (tertiary/aromatic N) is 6. The Morgan fingerprint density at radius 2 is 1.64 bits per heavy atom. The summed E-state index contributed by atoms with van der Waals surface area (Å²) in [5.74, 6) is 1.96. The molecule has 1 aliphatic rings. The van der Waals surface area contributed by atoms with Gasteiger partial charge in [-0.25, -0.2) is 9.07 Å². The van der Waals surface area contributed by atoms with Gasteiger partial charge in [-0.15, -0.1) is 5.10 Å². The molecule has 0 spiro atoms. The number of anilines is 1. The highest BCUT2D eigenvalue weighted by molar-refractivity contribution is 5.49. The highest BCUT2D eigenvalue weighted by Crippen LogP contribution is 2.37. The first-order valence-corrected chi connectivity index (χ1v) is 11.9. The molecule has 0 radical (unpaired) electrons. The van der Waals surface area contributed by atoms with E-state index in [2.05, 4.69) is 37.5 Å². The van der Waals surface area contributed by atoms with Crippen molar-refractivity contribution in [1.82, 2.24) is 25.1 Å². The van der Waals surface area contributed by atoms with Gasteiger partial charge in [-0.3, -0.25) is 4.90 Å². The largest absolute Gasteiger partial charge is 0.497 e. The molecule has 0 amide bonds. The number of methoxy groups -OCH3 is 2. The van der Waals surface area contributed by atoms with Gasteiger partial charge in [0.2, 0.25) is 0 Å². The van der Waals surface area contributed by atoms with Crippen LogP contribution in [0.1, 0.15) is 23.0 Å². The second-order valence-electron chi connectivity index (χ2n) is 8.67. The molecular weight excluding hydrogens is 459 g/mol. The van der Waals surface area contributed by atoms with Crippen LogP contribution in [0, 0.1) is 5.82 Å². The topological polar surface area (TPSA) is 68.5 Å². The smallest absolute Gasteiger partial charge is 0.173 e. The van der Waals surface area contributed by atoms with Crippen LogP contribution in [0.15, 0.2) is 72.8 Å². The Labute approximate surface area is 209 Å². The van der Waals surface area contributed by atoms with E-state index in [9.17, 15) is 4.39 Å². The lowest BCUT2D eigenvalue weighted by atomic mass is 10.0. The van der Waals surface area contributed by atoms with Gasteiger partial charge in [0, 0.05) is 31.7 Å². The molecule has 3 aromatic carbocycles. The minimum Gasteiger partial charge on any atom is -0.497 e. The van der Waals surface area contributed by atoms with Crippen LogP contribution in [0.4, 0.5) is 10.1 Å². The molecule has 9 heteroatoms. The molecular formula is C27H29FN6O2. The molecule has 1 fully saturated rings. The first-order valence-electron chi connectivity index (χ1n) is 11.9. The van der Waals surface area contributed by atoms with Gasteiger partial charge in [0.1, 0.15) is 23.4 Å². The molecule has 1 aromatic heterocycles. The van der Waals surface area contributed by atoms with Gasteiger partial charge in [-0.05, 0) is 46.3 Å². The summed E-state index contributed by atoms with van der Waals surface area (Å²) in [6, 6.07) is 22.5. The van der Waals surface area contributed by atoms with Crippen molar-refractivity contribution in [2.45, 2.75) is 12.6 Å². The number of aromatic nitrogens is 4. The minimum absolute atomic E-state index is 0.205. The summed E-state index contributed by atoms with van der Waals surface area (Å²) in [6.45, 7) is 3.27. The molecule has 0 bridgehead atoms. The molecule has 1 saturated heterocycles. The van der Waals surface area contributed by atoms with Crippen LogP contribution < -0.4 is 14.4 Å². The van der Waals surface area contributed by atoms with Crippen LogP contribution in [0.3, 0.4) is 0 Å². The van der Waals surface area contributed by atoms with Crippen molar-refractivity contribution in [3.05, 3.63) is 95.6 Å². The number of hydrogen-bond donors (Lipinski definition) is 0. The van der Waals surface area contributed by atoms with E-state index in [1.165, 1.54) is 6.07 Å². The van der Waals surface area contributed by atoms with Crippen LogP contribution in [0.5, 0.6) is 11.5 Å². The van der Waals surface area contributed by atoms with Crippen molar-refractivity contribution in [2.24, 2.45) is 0 Å². The first-order chi connectivity index (χ1) is 17.7. The molecule has 1 atom stereocenters. The van der Waals surface area contributed by atoms with Gasteiger partial charge in [0.25, 0.3) is 0 Å². The molecule has 0 N–H and O–H groups in total. The van der Waals surface area contributed by atoms with Crippen LogP contribution in [0.2, 0.25) is 0 Å². The van der Waals surface area contributed by atoms with Crippen molar-refractivity contribution < 1.29 is 13.9 Å². The summed E-state index contributed by atoms with van der Waals surface area (Å²) in [4.78, 5) is 4.40. The summed E-state index contributed by atoms with van der Waals surface area (Å²) >= 11 is 0. The fourth-order valence-corrected chi connectivity index (χ4v) is 4.76. The summed E-state index contributed by atoms with van der Waals surface area (Å²) < 4.78 is 27.6. The summed E-state index contributed by atoms with van der Waals surface area (Å²) in [5.41, 5.74) is 2.65. The molecule has 2 heterocycles. The summed E-state index contributed by atoms with van der Waals surface area (Å²) in [7, 11) is 3.30. The number of tetrazole rings is 1. The predicted molar refractivity (Wildman–Crippen MR) is 135 cm³/mol. The number of rotatable bonds is 8. The normalized spacial score (nSPS) is 15.0. The van der Waals surface area contributed by atoms with Gasteiger partial charge in [0.15, 0.2) is 5.82 Å². The quantitative estimate of drug-likeness (QED) is 0.374. The maximum atomic E-state index is 14.4. The molecule has 8 nitrogen and oxygen atoms in total. The van der Waals surface area contributed by atoms with Crippen LogP contribution in [0.25, 0.3) is 0 Å². The third kappa shape index (κ3) is 4.87. The average Bonchev–Trinajstić information content (AvgIpc) is 3.37. The first kappa shape index (κ1) is 23.7. The lowest BCUT2D eigenvalue weighted by Gasteiger charge is -2.40. The monoisotopic (exact) mass is 488 g/mol. The molecule has 0 saturated carbocycles. The molecule has 186 valence electrons. The number of piperazine rings is 1. The summed E-state index contributed by atoms with van der Waals surface area (Å²) in [5, 5.41) is 12.8. The van der Waals surface area contributed by atoms with E-state index >= 15 is 0 Å². The molecule has 0 aliphatic carbocycles. The van der Waals surface area contributed by atoms with E-state index in [0.29, 0.717) is 44.2 Å². The maximum Gasteiger partial charge on any atom is 0.173 e. The van der Waals surface area contributed by atoms with E-state index in [-0.39, 0.29) is 11.9 Å². The molecule has 5 rings (SSSR count). The zero-order chi connectivity index (χ0) is 24.9. The SMILES string of the molecule is COc1ccc(OC)c([C@@H](c2nnnn2Cc2ccccc2)N2CCN(c3ccccc3F)CC2)c1. The summed E-state index contributed by atoms with van der Waals surface area (Å²) in [6.07, 6.45) is 0. The van der Waals surface area contributed by atoms with Crippen LogP contribution in [-0.2, 0) is 6.54 Å². The lowest BCUT2D eigenvalue weighted by molar-refractivity contribution is 0.197. The van der Waals surface area contributed by atoms with Crippen molar-refractivity contribution >= 4 is 5.69 Å². The van der Waals surface area contributed by atoms with E-state index < -0.39 is 0 Å². The second kappa shape index (κ2) is 10.7. The van der Waals surface area contributed by atoms with E-state index in [1.54, 1.807) is 20.3 Å². The molecule has 0 unspecified atom stereocenters. The highest BCUT2D eigenvalue weighted by atomic mass is 19.1. The Hall–Kier alpha value is -3.98. The van der Waals surface area contributed by atoms with Gasteiger partial charge in [-0.2, -0.15) is 0 Å². The Kier molecular flexibility index (Phi) is 7.08. The number of hydrogen-bond acceptors (Lipinski definition) is 7. The van der Waals surface area contributed by atoms with Crippen molar-refractivity contribution in [1.29, 1.82) is 0 Å². The lowest BCUT2D eigenvalue weighted by Crippen LogP contribution is -2.48. The third-order valence-corrected chi connectivity index (χ3v) is 6.58. The Balaban J connectivity index is 1.50. The van der Waals surface area contributed by atoms with Crippen molar-refractivity contribution in [3.63, 3.8) is 0 Å². The van der Waals surface area contributed by atoms with Gasteiger partial charge < -0.3 is 14.4 Å². The van der Waals surface area contributed by atoms with E-state index in [4.69, 9.17) is 9.47 Å². The van der Waals surface area contributed by atoms with Crippen LogP contribution in [-0.4, -0.2) is 65.5 Å². The standard InChI is InChI=1S/C27H29FN6O2/c1-35-21-12-13-25(36-2)22(18-21)26(27-29-30-31-34(27)19-20-8-4-3-5-9-20)33-16-14-32(15-17-33)24-11-7-6-10-23(24)28/h3-13,18,26H,14-17,19H2,1-2H3/t26-/m0/s1. The fraction of sp³-hybridized carbons (Fsp3) is 0.296. The number of halogens is 1.